The predicted octanol–water partition coefficient (Wildman–Crippen LogP) is 1.60. The van der Waals surface area contributed by atoms with Crippen LogP contribution >= 0.6 is 0 Å². The molecule has 3 fully saturated rings. The van der Waals surface area contributed by atoms with Crippen molar-refractivity contribution in [2.45, 2.75) is 52.6 Å². The van der Waals surface area contributed by atoms with Crippen LogP contribution in [0.1, 0.15) is 41.5 Å². The fourth-order valence-electron chi connectivity index (χ4n) is 5.55. The van der Waals surface area contributed by atoms with E-state index in [2.05, 4.69) is 0 Å². The number of likely N-dealkylation sites (tertiary alicyclic amines) is 2. The number of carbonyl (C=O) groups is 4. The molecule has 6 heteroatoms. The second kappa shape index (κ2) is 4.84. The summed E-state index contributed by atoms with van der Waals surface area (Å²) in [6.45, 7) is 11.0. The Hall–Kier alpha value is -1.98. The molecule has 2 aliphatic heterocycles. The Bertz CT molecular complexity index is 662. The van der Waals surface area contributed by atoms with Crippen molar-refractivity contribution in [2.24, 2.45) is 35.5 Å². The molecule has 0 spiro atoms. The van der Waals surface area contributed by atoms with Gasteiger partial charge in [0, 0.05) is 22.9 Å². The van der Waals surface area contributed by atoms with Crippen molar-refractivity contribution >= 4 is 23.6 Å². The van der Waals surface area contributed by atoms with Crippen molar-refractivity contribution in [1.82, 2.24) is 9.80 Å². The first-order valence-corrected chi connectivity index (χ1v) is 9.31. The maximum atomic E-state index is 13.1. The monoisotopic (exact) mass is 358 g/mol. The molecule has 6 nitrogen and oxygen atoms in total. The van der Waals surface area contributed by atoms with Crippen LogP contribution in [0, 0.1) is 35.5 Å². The molecule has 1 saturated carbocycles. The van der Waals surface area contributed by atoms with E-state index in [1.165, 1.54) is 9.80 Å². The quantitative estimate of drug-likeness (QED) is 0.487. The van der Waals surface area contributed by atoms with Gasteiger partial charge in [0.1, 0.15) is 0 Å². The minimum absolute atomic E-state index is 0.195. The lowest BCUT2D eigenvalue weighted by atomic mass is 9.54. The smallest absolute Gasteiger partial charge is 0.234 e. The first-order valence-electron chi connectivity index (χ1n) is 9.31. The van der Waals surface area contributed by atoms with E-state index in [9.17, 15) is 19.2 Å². The van der Waals surface area contributed by atoms with Crippen LogP contribution < -0.4 is 0 Å². The molecule has 5 rings (SSSR count). The second-order valence-electron chi connectivity index (χ2n) is 10.0. The van der Waals surface area contributed by atoms with Crippen LogP contribution in [-0.4, -0.2) is 44.5 Å². The number of hydrogen-bond acceptors (Lipinski definition) is 4. The van der Waals surface area contributed by atoms with E-state index in [0.717, 1.165) is 0 Å². The van der Waals surface area contributed by atoms with E-state index in [1.54, 1.807) is 0 Å². The lowest BCUT2D eigenvalue weighted by Crippen LogP contribution is -2.50. The molecular weight excluding hydrogens is 332 g/mol. The largest absolute Gasteiger partial charge is 0.277 e. The summed E-state index contributed by atoms with van der Waals surface area (Å²) in [4.78, 5) is 55.1. The number of rotatable bonds is 0. The van der Waals surface area contributed by atoms with Gasteiger partial charge in [-0.05, 0) is 41.5 Å². The van der Waals surface area contributed by atoms with Gasteiger partial charge in [-0.3, -0.25) is 29.0 Å². The van der Waals surface area contributed by atoms with Crippen molar-refractivity contribution in [3.05, 3.63) is 12.2 Å². The number of amides is 4. The van der Waals surface area contributed by atoms with Crippen molar-refractivity contribution < 1.29 is 19.2 Å². The lowest BCUT2D eigenvalue weighted by molar-refractivity contribution is -0.145. The summed E-state index contributed by atoms with van der Waals surface area (Å²) in [5.74, 6) is -3.60. The van der Waals surface area contributed by atoms with E-state index < -0.39 is 34.7 Å². The van der Waals surface area contributed by atoms with Crippen LogP contribution in [0.25, 0.3) is 0 Å². The van der Waals surface area contributed by atoms with Crippen LogP contribution in [0.2, 0.25) is 0 Å². The molecule has 140 valence electrons. The molecule has 0 N–H and O–H groups in total. The topological polar surface area (TPSA) is 74.8 Å². The highest BCUT2D eigenvalue weighted by Crippen LogP contribution is 2.59. The zero-order chi connectivity index (χ0) is 19.3. The minimum atomic E-state index is -0.606. The molecule has 0 radical (unpaired) electrons. The van der Waals surface area contributed by atoms with Crippen molar-refractivity contribution in [2.75, 3.05) is 0 Å². The molecular formula is C20H26N2O4. The Morgan fingerprint density at radius 1 is 0.577 bits per heavy atom. The molecule has 2 bridgehead atoms. The second-order valence-corrected chi connectivity index (χ2v) is 10.0. The van der Waals surface area contributed by atoms with Gasteiger partial charge in [0.05, 0.1) is 23.7 Å². The van der Waals surface area contributed by atoms with Crippen molar-refractivity contribution in [3.63, 3.8) is 0 Å². The fourth-order valence-corrected chi connectivity index (χ4v) is 5.55. The highest BCUT2D eigenvalue weighted by molar-refractivity contribution is 6.11. The third kappa shape index (κ3) is 1.93. The van der Waals surface area contributed by atoms with E-state index in [1.807, 2.05) is 53.7 Å². The minimum Gasteiger partial charge on any atom is -0.277 e. The van der Waals surface area contributed by atoms with Crippen LogP contribution in [0.5, 0.6) is 0 Å². The summed E-state index contributed by atoms with van der Waals surface area (Å²) in [7, 11) is 0. The van der Waals surface area contributed by atoms with Gasteiger partial charge in [0.2, 0.25) is 23.6 Å². The van der Waals surface area contributed by atoms with Crippen LogP contribution in [0.3, 0.4) is 0 Å². The van der Waals surface area contributed by atoms with E-state index in [0.29, 0.717) is 0 Å². The molecule has 0 aromatic rings. The Labute approximate surface area is 153 Å². The summed E-state index contributed by atoms with van der Waals surface area (Å²) in [5.41, 5.74) is -1.21. The average Bonchev–Trinajstić information content (AvgIpc) is 2.93. The van der Waals surface area contributed by atoms with Gasteiger partial charge in [-0.15, -0.1) is 0 Å². The molecule has 2 saturated heterocycles. The number of carbonyl (C=O) groups excluding carboxylic acids is 4. The van der Waals surface area contributed by atoms with Crippen LogP contribution in [-0.2, 0) is 19.2 Å². The normalized spacial score (nSPS) is 39.2. The number of hydrogen-bond donors (Lipinski definition) is 0. The molecule has 6 atom stereocenters. The molecule has 2 unspecified atom stereocenters. The summed E-state index contributed by atoms with van der Waals surface area (Å²) < 4.78 is 0. The Kier molecular flexibility index (Phi) is 3.25. The Morgan fingerprint density at radius 2 is 0.808 bits per heavy atom. The molecule has 5 aliphatic rings. The molecule has 4 amide bonds. The van der Waals surface area contributed by atoms with Crippen LogP contribution in [0.15, 0.2) is 12.2 Å². The maximum absolute atomic E-state index is 13.1. The number of allylic oxidation sites excluding steroid dienone is 2. The van der Waals surface area contributed by atoms with Crippen LogP contribution in [0.4, 0.5) is 0 Å². The van der Waals surface area contributed by atoms with Gasteiger partial charge < -0.3 is 0 Å². The summed E-state index contributed by atoms with van der Waals surface area (Å²) >= 11 is 0. The van der Waals surface area contributed by atoms with Gasteiger partial charge in [0.15, 0.2) is 0 Å². The Balaban J connectivity index is 1.80. The van der Waals surface area contributed by atoms with E-state index in [4.69, 9.17) is 0 Å². The molecule has 0 aromatic carbocycles. The van der Waals surface area contributed by atoms with Crippen molar-refractivity contribution in [3.8, 4) is 0 Å². The maximum Gasteiger partial charge on any atom is 0.234 e. The van der Waals surface area contributed by atoms with E-state index >= 15 is 0 Å². The number of imide groups is 2. The summed E-state index contributed by atoms with van der Waals surface area (Å²) in [6, 6.07) is 0. The molecule has 2 heterocycles. The SMILES string of the molecule is CC(C)(C)N1C(=O)[C@@H]2C3C=CC([C@H]2C1=O)[C@@H]1C(=O)N(C(C)(C)C)C(=O)[C@H]31. The number of nitrogens with zero attached hydrogens (tertiary/aromatic N) is 2. The Morgan fingerprint density at radius 3 is 1.00 bits per heavy atom. The zero-order valence-corrected chi connectivity index (χ0v) is 16.1. The van der Waals surface area contributed by atoms with Gasteiger partial charge in [-0.1, -0.05) is 12.2 Å². The molecule has 26 heavy (non-hydrogen) atoms. The first kappa shape index (κ1) is 17.4. The highest BCUT2D eigenvalue weighted by Gasteiger charge is 2.69. The lowest BCUT2D eigenvalue weighted by Gasteiger charge is -2.44. The fraction of sp³-hybridized carbons (Fsp3) is 0.700. The zero-order valence-electron chi connectivity index (χ0n) is 16.1. The summed E-state index contributed by atoms with van der Waals surface area (Å²) in [5, 5.41) is 0. The average molecular weight is 358 g/mol. The van der Waals surface area contributed by atoms with Gasteiger partial charge in [0.25, 0.3) is 0 Å². The van der Waals surface area contributed by atoms with Gasteiger partial charge in [-0.25, -0.2) is 0 Å². The van der Waals surface area contributed by atoms with Crippen molar-refractivity contribution in [1.29, 1.82) is 0 Å². The van der Waals surface area contributed by atoms with Gasteiger partial charge >= 0.3 is 0 Å². The van der Waals surface area contributed by atoms with E-state index in [-0.39, 0.29) is 35.5 Å². The third-order valence-corrected chi connectivity index (χ3v) is 6.35. The summed E-state index contributed by atoms with van der Waals surface area (Å²) in [6.07, 6.45) is 3.81. The predicted molar refractivity (Wildman–Crippen MR) is 93.3 cm³/mol. The van der Waals surface area contributed by atoms with Gasteiger partial charge in [-0.2, -0.15) is 0 Å². The molecule has 0 aromatic heterocycles. The first-order chi connectivity index (χ1) is 11.9. The standard InChI is InChI=1S/C20H26N2O4/c1-19(2,3)21-15(23)11-9-7-8-10(12(11)16(21)24)14-13(9)17(25)22(18(14)26)20(4,5)6/h7-14H,1-6H3/t9?,10?,11-,12-,13-,14+/m1/s1. The molecule has 3 aliphatic carbocycles. The third-order valence-electron chi connectivity index (χ3n) is 6.35. The highest BCUT2D eigenvalue weighted by atomic mass is 16.2.